The molecule has 0 radical (unpaired) electrons. The van der Waals surface area contributed by atoms with Gasteiger partial charge in [0.1, 0.15) is 0 Å². The van der Waals surface area contributed by atoms with Gasteiger partial charge >= 0.3 is 0 Å². The first kappa shape index (κ1) is 14.6. The average Bonchev–Trinajstić information content (AvgIpc) is 3.09. The van der Waals surface area contributed by atoms with Gasteiger partial charge in [0, 0.05) is 31.0 Å². The molecule has 4 heteroatoms. The van der Waals surface area contributed by atoms with E-state index in [-0.39, 0.29) is 5.91 Å². The Labute approximate surface area is 127 Å². The summed E-state index contributed by atoms with van der Waals surface area (Å²) in [6, 6.07) is 3.06. The lowest BCUT2D eigenvalue weighted by Gasteiger charge is -2.27. The number of nitrogens with one attached hydrogen (secondary N) is 1. The van der Waals surface area contributed by atoms with Crippen LogP contribution in [-0.2, 0) is 0 Å². The fourth-order valence-corrected chi connectivity index (χ4v) is 4.33. The molecule has 2 saturated carbocycles. The van der Waals surface area contributed by atoms with Gasteiger partial charge in [0.25, 0.3) is 5.91 Å². The molecule has 2 aliphatic carbocycles. The summed E-state index contributed by atoms with van der Waals surface area (Å²) in [7, 11) is 6.35. The van der Waals surface area contributed by atoms with Gasteiger partial charge in [-0.25, -0.2) is 0 Å². The van der Waals surface area contributed by atoms with Crippen molar-refractivity contribution in [1.82, 2.24) is 14.8 Å². The number of aromatic amines is 1. The molecular formula is C17H27N3O. The van der Waals surface area contributed by atoms with E-state index in [1.165, 1.54) is 25.7 Å². The topological polar surface area (TPSA) is 39.3 Å². The molecule has 0 spiro atoms. The minimum atomic E-state index is 0.169. The number of fused-ring (bicyclic) bond motifs is 1. The van der Waals surface area contributed by atoms with Gasteiger partial charge in [0.05, 0.1) is 5.56 Å². The predicted molar refractivity (Wildman–Crippen MR) is 84.3 cm³/mol. The molecule has 4 atom stereocenters. The van der Waals surface area contributed by atoms with Crippen LogP contribution in [0.3, 0.4) is 0 Å². The van der Waals surface area contributed by atoms with Crippen molar-refractivity contribution in [3.63, 3.8) is 0 Å². The molecule has 2 aliphatic rings. The van der Waals surface area contributed by atoms with Crippen molar-refractivity contribution in [2.24, 2.45) is 11.8 Å². The minimum Gasteiger partial charge on any atom is -0.365 e. The third-order valence-electron chi connectivity index (χ3n) is 5.75. The SMILES string of the molecule is Cc1[nH]ccc1C(=O)N(C)C1C[C@H]2CC(N(C)C)C[C@H]2C1. The smallest absolute Gasteiger partial charge is 0.255 e. The third kappa shape index (κ3) is 2.61. The second kappa shape index (κ2) is 5.48. The first-order chi connectivity index (χ1) is 9.97. The largest absolute Gasteiger partial charge is 0.365 e. The minimum absolute atomic E-state index is 0.169. The summed E-state index contributed by atoms with van der Waals surface area (Å²) in [6.45, 7) is 1.96. The quantitative estimate of drug-likeness (QED) is 0.928. The van der Waals surface area contributed by atoms with Crippen LogP contribution in [0.1, 0.15) is 41.7 Å². The number of hydrogen-bond donors (Lipinski definition) is 1. The van der Waals surface area contributed by atoms with Crippen LogP contribution in [0.25, 0.3) is 0 Å². The van der Waals surface area contributed by atoms with Crippen molar-refractivity contribution < 1.29 is 4.79 Å². The Balaban J connectivity index is 1.63. The second-order valence-electron chi connectivity index (χ2n) is 7.17. The van der Waals surface area contributed by atoms with Crippen LogP contribution in [0.2, 0.25) is 0 Å². The molecule has 1 heterocycles. The van der Waals surface area contributed by atoms with Gasteiger partial charge in [-0.1, -0.05) is 0 Å². The molecule has 116 valence electrons. The highest BCUT2D eigenvalue weighted by molar-refractivity contribution is 5.95. The van der Waals surface area contributed by atoms with E-state index >= 15 is 0 Å². The van der Waals surface area contributed by atoms with Crippen LogP contribution in [-0.4, -0.2) is 53.9 Å². The van der Waals surface area contributed by atoms with E-state index in [0.717, 1.165) is 29.1 Å². The molecule has 21 heavy (non-hydrogen) atoms. The first-order valence-electron chi connectivity index (χ1n) is 8.05. The van der Waals surface area contributed by atoms with Crippen molar-refractivity contribution in [3.8, 4) is 0 Å². The van der Waals surface area contributed by atoms with Crippen molar-refractivity contribution in [3.05, 3.63) is 23.5 Å². The van der Waals surface area contributed by atoms with E-state index in [2.05, 4.69) is 24.0 Å². The second-order valence-corrected chi connectivity index (χ2v) is 7.17. The van der Waals surface area contributed by atoms with Crippen LogP contribution < -0.4 is 0 Å². The molecular weight excluding hydrogens is 262 g/mol. The number of carbonyl (C=O) groups is 1. The summed E-state index contributed by atoms with van der Waals surface area (Å²) >= 11 is 0. The molecule has 2 fully saturated rings. The Morgan fingerprint density at radius 2 is 1.67 bits per heavy atom. The molecule has 0 aliphatic heterocycles. The first-order valence-corrected chi connectivity index (χ1v) is 8.05. The number of H-pyrrole nitrogens is 1. The van der Waals surface area contributed by atoms with Gasteiger partial charge in [-0.15, -0.1) is 0 Å². The number of aromatic nitrogens is 1. The lowest BCUT2D eigenvalue weighted by atomic mass is 10.0. The van der Waals surface area contributed by atoms with Gasteiger partial charge in [0.15, 0.2) is 0 Å². The normalized spacial score (nSPS) is 31.7. The molecule has 1 aromatic heterocycles. The van der Waals surface area contributed by atoms with Crippen molar-refractivity contribution in [1.29, 1.82) is 0 Å². The van der Waals surface area contributed by atoms with E-state index in [1.54, 1.807) is 0 Å². The highest BCUT2D eigenvalue weighted by atomic mass is 16.2. The maximum Gasteiger partial charge on any atom is 0.255 e. The standard InChI is InChI=1S/C17H27N3O/c1-11-16(5-6-18-11)17(21)20(4)15-9-12-7-14(19(2)3)8-13(12)10-15/h5-6,12-15,18H,7-10H2,1-4H3/t12-,13+,14?,15?. The van der Waals surface area contributed by atoms with Crippen LogP contribution in [0.4, 0.5) is 0 Å². The number of rotatable bonds is 3. The van der Waals surface area contributed by atoms with Gasteiger partial charge in [-0.05, 0) is 64.6 Å². The van der Waals surface area contributed by atoms with E-state index in [1.807, 2.05) is 31.1 Å². The average molecular weight is 289 g/mol. The number of aryl methyl sites for hydroxylation is 1. The zero-order valence-corrected chi connectivity index (χ0v) is 13.6. The molecule has 0 bridgehead atoms. The number of nitrogens with zero attached hydrogens (tertiary/aromatic N) is 2. The summed E-state index contributed by atoms with van der Waals surface area (Å²) in [4.78, 5) is 20.1. The van der Waals surface area contributed by atoms with Crippen molar-refractivity contribution in [2.45, 2.75) is 44.7 Å². The lowest BCUT2D eigenvalue weighted by molar-refractivity contribution is 0.0725. The summed E-state index contributed by atoms with van der Waals surface area (Å²) in [5, 5.41) is 0. The molecule has 1 N–H and O–H groups in total. The van der Waals surface area contributed by atoms with Gasteiger partial charge in [-0.2, -0.15) is 0 Å². The van der Waals surface area contributed by atoms with Crippen LogP contribution in [0.5, 0.6) is 0 Å². The predicted octanol–water partition coefficient (Wildman–Crippen LogP) is 2.51. The highest BCUT2D eigenvalue weighted by Gasteiger charge is 2.44. The van der Waals surface area contributed by atoms with E-state index in [0.29, 0.717) is 6.04 Å². The Morgan fingerprint density at radius 1 is 1.10 bits per heavy atom. The molecule has 0 saturated heterocycles. The Hall–Kier alpha value is -1.29. The Kier molecular flexibility index (Phi) is 3.82. The molecule has 1 aromatic rings. The number of hydrogen-bond acceptors (Lipinski definition) is 2. The Bertz CT molecular complexity index is 508. The summed E-state index contributed by atoms with van der Waals surface area (Å²) < 4.78 is 0. The maximum atomic E-state index is 12.6. The van der Waals surface area contributed by atoms with Gasteiger partial charge < -0.3 is 14.8 Å². The monoisotopic (exact) mass is 289 g/mol. The molecule has 3 rings (SSSR count). The van der Waals surface area contributed by atoms with Crippen molar-refractivity contribution in [2.75, 3.05) is 21.1 Å². The van der Waals surface area contributed by atoms with E-state index in [4.69, 9.17) is 0 Å². The van der Waals surface area contributed by atoms with Crippen molar-refractivity contribution >= 4 is 5.91 Å². The molecule has 2 unspecified atom stereocenters. The summed E-state index contributed by atoms with van der Waals surface area (Å²) in [5.74, 6) is 1.79. The zero-order chi connectivity index (χ0) is 15.1. The molecule has 1 amide bonds. The van der Waals surface area contributed by atoms with E-state index < -0.39 is 0 Å². The van der Waals surface area contributed by atoms with Crippen LogP contribution >= 0.6 is 0 Å². The van der Waals surface area contributed by atoms with Crippen LogP contribution in [0.15, 0.2) is 12.3 Å². The maximum absolute atomic E-state index is 12.6. The fourth-order valence-electron chi connectivity index (χ4n) is 4.33. The lowest BCUT2D eigenvalue weighted by Crippen LogP contribution is -2.36. The molecule has 4 nitrogen and oxygen atoms in total. The Morgan fingerprint density at radius 3 is 2.14 bits per heavy atom. The number of carbonyl (C=O) groups excluding carboxylic acids is 1. The zero-order valence-electron chi connectivity index (χ0n) is 13.6. The number of amides is 1. The van der Waals surface area contributed by atoms with Gasteiger partial charge in [-0.3, -0.25) is 4.79 Å². The third-order valence-corrected chi connectivity index (χ3v) is 5.75. The molecule has 0 aromatic carbocycles. The summed E-state index contributed by atoms with van der Waals surface area (Å²) in [6.07, 6.45) is 6.82. The van der Waals surface area contributed by atoms with Gasteiger partial charge in [0.2, 0.25) is 0 Å². The highest BCUT2D eigenvalue weighted by Crippen LogP contribution is 2.46. The van der Waals surface area contributed by atoms with Crippen LogP contribution in [0, 0.1) is 18.8 Å². The van der Waals surface area contributed by atoms with E-state index in [9.17, 15) is 4.79 Å². The summed E-state index contributed by atoms with van der Waals surface area (Å²) in [5.41, 5.74) is 1.79. The fraction of sp³-hybridized carbons (Fsp3) is 0.706.